The molecule has 0 aliphatic heterocycles. The van der Waals surface area contributed by atoms with Gasteiger partial charge in [-0.05, 0) is 29.4 Å². The number of nitrogens with two attached hydrogens (primary N) is 1. The lowest BCUT2D eigenvalue weighted by Gasteiger charge is -2.16. The van der Waals surface area contributed by atoms with Crippen LogP contribution in [0.3, 0.4) is 0 Å². The molecule has 15 heavy (non-hydrogen) atoms. The van der Waals surface area contributed by atoms with Crippen LogP contribution in [0.1, 0.15) is 24.7 Å². The van der Waals surface area contributed by atoms with Crippen LogP contribution in [0.5, 0.6) is 0 Å². The second kappa shape index (κ2) is 6.13. The lowest BCUT2D eigenvalue weighted by atomic mass is 10.1. The van der Waals surface area contributed by atoms with Crippen LogP contribution >= 0.6 is 11.8 Å². The van der Waals surface area contributed by atoms with Gasteiger partial charge in [-0.1, -0.05) is 26.0 Å². The first-order valence-electron chi connectivity index (χ1n) is 5.20. The topological polar surface area (TPSA) is 26.0 Å². The normalized spacial score (nSPS) is 13.1. The van der Waals surface area contributed by atoms with Crippen LogP contribution in [0.15, 0.2) is 24.3 Å². The molecule has 0 aromatic heterocycles. The maximum Gasteiger partial charge on any atom is 0.123 e. The van der Waals surface area contributed by atoms with Crippen LogP contribution in [0.25, 0.3) is 0 Å². The number of thioether (sulfide) groups is 1. The molecule has 0 heterocycles. The maximum atomic E-state index is 12.7. The van der Waals surface area contributed by atoms with Gasteiger partial charge in [0, 0.05) is 11.8 Å². The Kier molecular flexibility index (Phi) is 5.12. The van der Waals surface area contributed by atoms with Gasteiger partial charge >= 0.3 is 0 Å². The first kappa shape index (κ1) is 12.5. The molecule has 1 nitrogen and oxygen atoms in total. The molecule has 0 amide bonds. The fourth-order valence-corrected chi connectivity index (χ4v) is 2.39. The van der Waals surface area contributed by atoms with E-state index in [4.69, 9.17) is 5.73 Å². The van der Waals surface area contributed by atoms with Crippen molar-refractivity contribution >= 4 is 11.8 Å². The largest absolute Gasteiger partial charge is 0.329 e. The molecule has 3 heteroatoms. The molecule has 1 aromatic carbocycles. The van der Waals surface area contributed by atoms with Crippen molar-refractivity contribution in [3.8, 4) is 0 Å². The Morgan fingerprint density at radius 1 is 1.27 bits per heavy atom. The molecule has 2 N–H and O–H groups in total. The molecule has 1 aromatic rings. The summed E-state index contributed by atoms with van der Waals surface area (Å²) in [6.07, 6.45) is 0. The van der Waals surface area contributed by atoms with E-state index in [9.17, 15) is 4.39 Å². The van der Waals surface area contributed by atoms with E-state index >= 15 is 0 Å². The fraction of sp³-hybridized carbons (Fsp3) is 0.500. The van der Waals surface area contributed by atoms with E-state index < -0.39 is 0 Å². The Morgan fingerprint density at radius 2 is 1.87 bits per heavy atom. The third kappa shape index (κ3) is 4.22. The van der Waals surface area contributed by atoms with E-state index in [1.54, 1.807) is 0 Å². The number of rotatable bonds is 5. The lowest BCUT2D eigenvalue weighted by Crippen LogP contribution is -2.11. The summed E-state index contributed by atoms with van der Waals surface area (Å²) in [7, 11) is 0. The van der Waals surface area contributed by atoms with Crippen LogP contribution < -0.4 is 5.73 Å². The highest BCUT2D eigenvalue weighted by Gasteiger charge is 2.10. The van der Waals surface area contributed by atoms with Crippen LogP contribution in [-0.2, 0) is 0 Å². The van der Waals surface area contributed by atoms with Crippen LogP contribution in [0.2, 0.25) is 0 Å². The molecule has 0 radical (unpaired) electrons. The third-order valence-electron chi connectivity index (χ3n) is 2.09. The highest BCUT2D eigenvalue weighted by Crippen LogP contribution is 2.29. The molecule has 0 fully saturated rings. The SMILES string of the molecule is CC(C)CSC(CN)c1ccc(F)cc1. The summed E-state index contributed by atoms with van der Waals surface area (Å²) >= 11 is 1.84. The highest BCUT2D eigenvalue weighted by molar-refractivity contribution is 7.99. The van der Waals surface area contributed by atoms with Gasteiger partial charge < -0.3 is 5.73 Å². The van der Waals surface area contributed by atoms with Crippen molar-refractivity contribution in [1.82, 2.24) is 0 Å². The summed E-state index contributed by atoms with van der Waals surface area (Å²) in [5.41, 5.74) is 6.83. The quantitative estimate of drug-likeness (QED) is 0.836. The van der Waals surface area contributed by atoms with Crippen LogP contribution in [0, 0.1) is 11.7 Å². The van der Waals surface area contributed by atoms with Crippen molar-refractivity contribution in [2.24, 2.45) is 11.7 Å². The molecule has 0 aliphatic rings. The molecule has 1 unspecified atom stereocenters. The summed E-state index contributed by atoms with van der Waals surface area (Å²) in [6, 6.07) is 6.63. The molecular weight excluding hydrogens is 209 g/mol. The summed E-state index contributed by atoms with van der Waals surface area (Å²) in [5, 5.41) is 0.285. The number of hydrogen-bond donors (Lipinski definition) is 1. The monoisotopic (exact) mass is 227 g/mol. The first-order chi connectivity index (χ1) is 7.13. The second-order valence-corrected chi connectivity index (χ2v) is 5.24. The van der Waals surface area contributed by atoms with Gasteiger partial charge in [0.15, 0.2) is 0 Å². The first-order valence-corrected chi connectivity index (χ1v) is 6.25. The predicted molar refractivity (Wildman–Crippen MR) is 65.5 cm³/mol. The van der Waals surface area contributed by atoms with E-state index in [-0.39, 0.29) is 11.1 Å². The number of hydrogen-bond acceptors (Lipinski definition) is 2. The third-order valence-corrected chi connectivity index (χ3v) is 3.81. The van der Waals surface area contributed by atoms with Crippen molar-refractivity contribution in [1.29, 1.82) is 0 Å². The molecule has 0 aliphatic carbocycles. The Labute approximate surface area is 95.2 Å². The Morgan fingerprint density at radius 3 is 2.33 bits per heavy atom. The zero-order chi connectivity index (χ0) is 11.3. The molecule has 84 valence electrons. The van der Waals surface area contributed by atoms with E-state index in [1.807, 2.05) is 23.9 Å². The van der Waals surface area contributed by atoms with Crippen LogP contribution in [0.4, 0.5) is 4.39 Å². The zero-order valence-electron chi connectivity index (χ0n) is 9.24. The van der Waals surface area contributed by atoms with Crippen molar-refractivity contribution in [3.05, 3.63) is 35.6 Å². The molecular formula is C12H18FNS. The van der Waals surface area contributed by atoms with Gasteiger partial charge in [-0.25, -0.2) is 4.39 Å². The van der Waals surface area contributed by atoms with E-state index in [0.717, 1.165) is 11.3 Å². The Hall–Kier alpha value is -0.540. The van der Waals surface area contributed by atoms with Crippen molar-refractivity contribution in [2.75, 3.05) is 12.3 Å². The molecule has 1 rings (SSSR count). The maximum absolute atomic E-state index is 12.7. The lowest BCUT2D eigenvalue weighted by molar-refractivity contribution is 0.627. The predicted octanol–water partition coefficient (Wildman–Crippen LogP) is 3.21. The van der Waals surface area contributed by atoms with E-state index in [2.05, 4.69) is 13.8 Å². The van der Waals surface area contributed by atoms with Crippen molar-refractivity contribution in [3.63, 3.8) is 0 Å². The molecule has 0 spiro atoms. The minimum atomic E-state index is -0.191. The van der Waals surface area contributed by atoms with Gasteiger partial charge in [0.05, 0.1) is 0 Å². The minimum Gasteiger partial charge on any atom is -0.329 e. The highest BCUT2D eigenvalue weighted by atomic mass is 32.2. The Bertz CT molecular complexity index is 284. The van der Waals surface area contributed by atoms with Gasteiger partial charge in [0.1, 0.15) is 5.82 Å². The molecule has 0 saturated carbocycles. The summed E-state index contributed by atoms with van der Waals surface area (Å²) in [5.74, 6) is 1.55. The standard InChI is InChI=1S/C12H18FNS/c1-9(2)8-15-12(7-14)10-3-5-11(13)6-4-10/h3-6,9,12H,7-8,14H2,1-2H3. The number of halogens is 1. The molecule has 1 atom stereocenters. The summed E-state index contributed by atoms with van der Waals surface area (Å²) in [4.78, 5) is 0. The minimum absolute atomic E-state index is 0.191. The van der Waals surface area contributed by atoms with Crippen LogP contribution in [-0.4, -0.2) is 12.3 Å². The average Bonchev–Trinajstić information content (AvgIpc) is 2.21. The van der Waals surface area contributed by atoms with E-state index in [0.29, 0.717) is 12.5 Å². The van der Waals surface area contributed by atoms with Gasteiger partial charge in [0.2, 0.25) is 0 Å². The van der Waals surface area contributed by atoms with Gasteiger partial charge in [-0.3, -0.25) is 0 Å². The molecule has 0 saturated heterocycles. The smallest absolute Gasteiger partial charge is 0.123 e. The zero-order valence-corrected chi connectivity index (χ0v) is 10.1. The van der Waals surface area contributed by atoms with E-state index in [1.165, 1.54) is 12.1 Å². The van der Waals surface area contributed by atoms with Crippen molar-refractivity contribution < 1.29 is 4.39 Å². The average molecular weight is 227 g/mol. The van der Waals surface area contributed by atoms with Gasteiger partial charge in [0.25, 0.3) is 0 Å². The van der Waals surface area contributed by atoms with Gasteiger partial charge in [-0.15, -0.1) is 0 Å². The summed E-state index contributed by atoms with van der Waals surface area (Å²) in [6.45, 7) is 4.97. The Balaban J connectivity index is 2.61. The van der Waals surface area contributed by atoms with Crippen molar-refractivity contribution in [2.45, 2.75) is 19.1 Å². The summed E-state index contributed by atoms with van der Waals surface area (Å²) < 4.78 is 12.7. The fourth-order valence-electron chi connectivity index (χ4n) is 1.29. The second-order valence-electron chi connectivity index (χ2n) is 4.00. The molecule has 0 bridgehead atoms. The number of benzene rings is 1. The van der Waals surface area contributed by atoms with Gasteiger partial charge in [-0.2, -0.15) is 11.8 Å².